The standard InChI is InChI=1S/C17H20BrNO/c18-15-10-8-13(9-11-15)16(12-19)17(20)14-6-4-2-1-3-5-7-14/h8-11,14,16H,1-7H2. The van der Waals surface area contributed by atoms with Crippen LogP contribution in [0.25, 0.3) is 0 Å². The lowest BCUT2D eigenvalue weighted by Gasteiger charge is -2.21. The molecule has 3 heteroatoms. The Bertz CT molecular complexity index is 481. The fourth-order valence-corrected chi connectivity index (χ4v) is 3.20. The predicted molar refractivity (Wildman–Crippen MR) is 83.3 cm³/mol. The average molecular weight is 334 g/mol. The molecule has 1 aromatic carbocycles. The van der Waals surface area contributed by atoms with E-state index < -0.39 is 5.92 Å². The zero-order valence-electron chi connectivity index (χ0n) is 11.6. The van der Waals surface area contributed by atoms with Gasteiger partial charge in [0.1, 0.15) is 5.92 Å². The van der Waals surface area contributed by atoms with Crippen molar-refractivity contribution in [2.45, 2.75) is 50.9 Å². The summed E-state index contributed by atoms with van der Waals surface area (Å²) in [6.45, 7) is 0. The maximum atomic E-state index is 12.6. The van der Waals surface area contributed by atoms with Gasteiger partial charge in [-0.05, 0) is 30.5 Å². The number of nitrogens with zero attached hydrogens (tertiary/aromatic N) is 1. The highest BCUT2D eigenvalue weighted by Gasteiger charge is 2.28. The molecule has 0 spiro atoms. The molecule has 0 aliphatic heterocycles. The normalized spacial score (nSPS) is 18.6. The second kappa shape index (κ2) is 7.59. The van der Waals surface area contributed by atoms with E-state index in [9.17, 15) is 10.1 Å². The van der Waals surface area contributed by atoms with Gasteiger partial charge in [0.15, 0.2) is 5.78 Å². The van der Waals surface area contributed by atoms with Crippen molar-refractivity contribution in [2.24, 2.45) is 5.92 Å². The number of carbonyl (C=O) groups is 1. The first-order valence-electron chi connectivity index (χ1n) is 7.41. The molecule has 1 fully saturated rings. The third kappa shape index (κ3) is 3.93. The van der Waals surface area contributed by atoms with Crippen molar-refractivity contribution < 1.29 is 4.79 Å². The molecule has 0 radical (unpaired) electrons. The van der Waals surface area contributed by atoms with Gasteiger partial charge in [0.25, 0.3) is 0 Å². The molecule has 0 heterocycles. The quantitative estimate of drug-likeness (QED) is 0.782. The molecule has 2 rings (SSSR count). The number of Topliss-reactive ketones (excluding diaryl/α,β-unsaturated/α-hetero) is 1. The minimum absolute atomic E-state index is 0.0728. The van der Waals surface area contributed by atoms with E-state index in [1.54, 1.807) is 0 Å². The molecule has 0 saturated heterocycles. The fourth-order valence-electron chi connectivity index (χ4n) is 2.93. The number of halogens is 1. The van der Waals surface area contributed by atoms with E-state index >= 15 is 0 Å². The molecular formula is C17H20BrNO. The Balaban J connectivity index is 2.11. The second-order valence-corrected chi connectivity index (χ2v) is 6.47. The van der Waals surface area contributed by atoms with Crippen molar-refractivity contribution in [1.82, 2.24) is 0 Å². The lowest BCUT2D eigenvalue weighted by Crippen LogP contribution is -2.22. The van der Waals surface area contributed by atoms with Crippen LogP contribution in [0.15, 0.2) is 28.7 Å². The van der Waals surface area contributed by atoms with Gasteiger partial charge in [-0.3, -0.25) is 4.79 Å². The second-order valence-electron chi connectivity index (χ2n) is 5.56. The summed E-state index contributed by atoms with van der Waals surface area (Å²) in [6.07, 6.45) is 7.87. The van der Waals surface area contributed by atoms with Gasteiger partial charge in [-0.15, -0.1) is 0 Å². The number of ketones is 1. The van der Waals surface area contributed by atoms with Crippen molar-refractivity contribution in [3.63, 3.8) is 0 Å². The molecule has 1 atom stereocenters. The van der Waals surface area contributed by atoms with E-state index in [1.807, 2.05) is 24.3 Å². The van der Waals surface area contributed by atoms with Gasteiger partial charge in [0.05, 0.1) is 6.07 Å². The summed E-state index contributed by atoms with van der Waals surface area (Å²) < 4.78 is 0.969. The topological polar surface area (TPSA) is 40.9 Å². The SMILES string of the molecule is N#CC(C(=O)C1CCCCCCC1)c1ccc(Br)cc1. The van der Waals surface area contributed by atoms with Crippen molar-refractivity contribution >= 4 is 21.7 Å². The predicted octanol–water partition coefficient (Wildman–Crippen LogP) is 4.99. The van der Waals surface area contributed by atoms with Gasteiger partial charge in [0.2, 0.25) is 0 Å². The van der Waals surface area contributed by atoms with Crippen LogP contribution in [-0.4, -0.2) is 5.78 Å². The van der Waals surface area contributed by atoms with Crippen LogP contribution in [-0.2, 0) is 4.79 Å². The maximum Gasteiger partial charge on any atom is 0.157 e. The maximum absolute atomic E-state index is 12.6. The minimum Gasteiger partial charge on any atom is -0.298 e. The Morgan fingerprint density at radius 1 is 1.10 bits per heavy atom. The molecule has 0 amide bonds. The molecule has 20 heavy (non-hydrogen) atoms. The van der Waals surface area contributed by atoms with Crippen LogP contribution < -0.4 is 0 Å². The van der Waals surface area contributed by atoms with E-state index in [2.05, 4.69) is 22.0 Å². The zero-order valence-corrected chi connectivity index (χ0v) is 13.2. The van der Waals surface area contributed by atoms with Crippen molar-refractivity contribution in [1.29, 1.82) is 5.26 Å². The highest BCUT2D eigenvalue weighted by molar-refractivity contribution is 9.10. The third-order valence-electron chi connectivity index (χ3n) is 4.12. The average Bonchev–Trinajstić information content (AvgIpc) is 2.41. The van der Waals surface area contributed by atoms with Crippen LogP contribution in [0.1, 0.15) is 56.4 Å². The molecule has 0 aromatic heterocycles. The highest BCUT2D eigenvalue weighted by atomic mass is 79.9. The fraction of sp³-hybridized carbons (Fsp3) is 0.529. The number of hydrogen-bond donors (Lipinski definition) is 0. The van der Waals surface area contributed by atoms with E-state index in [0.717, 1.165) is 35.7 Å². The van der Waals surface area contributed by atoms with Gasteiger partial charge in [-0.25, -0.2) is 0 Å². The summed E-state index contributed by atoms with van der Waals surface area (Å²) in [5, 5.41) is 9.39. The minimum atomic E-state index is -0.604. The molecule has 1 aliphatic rings. The summed E-state index contributed by atoms with van der Waals surface area (Å²) >= 11 is 3.38. The Labute approximate surface area is 129 Å². The lowest BCUT2D eigenvalue weighted by molar-refractivity contribution is -0.123. The van der Waals surface area contributed by atoms with Crippen molar-refractivity contribution in [3.05, 3.63) is 34.3 Å². The van der Waals surface area contributed by atoms with Gasteiger partial charge in [0, 0.05) is 10.4 Å². The summed E-state index contributed by atoms with van der Waals surface area (Å²) in [6, 6.07) is 9.74. The third-order valence-corrected chi connectivity index (χ3v) is 4.65. The molecule has 0 bridgehead atoms. The molecule has 1 saturated carbocycles. The van der Waals surface area contributed by atoms with Crippen LogP contribution in [0.3, 0.4) is 0 Å². The summed E-state index contributed by atoms with van der Waals surface area (Å²) in [4.78, 5) is 12.6. The van der Waals surface area contributed by atoms with Gasteiger partial charge >= 0.3 is 0 Å². The monoisotopic (exact) mass is 333 g/mol. The highest BCUT2D eigenvalue weighted by Crippen LogP contribution is 2.29. The Hall–Kier alpha value is -1.14. The number of carbonyl (C=O) groups excluding carboxylic acids is 1. The Kier molecular flexibility index (Phi) is 5.79. The number of benzene rings is 1. The first kappa shape index (κ1) is 15.3. The van der Waals surface area contributed by atoms with E-state index in [4.69, 9.17) is 0 Å². The van der Waals surface area contributed by atoms with E-state index in [1.165, 1.54) is 19.3 Å². The summed E-state index contributed by atoms with van der Waals surface area (Å²) in [5.41, 5.74) is 0.822. The molecular weight excluding hydrogens is 314 g/mol. The first-order valence-corrected chi connectivity index (χ1v) is 8.20. The largest absolute Gasteiger partial charge is 0.298 e. The van der Waals surface area contributed by atoms with Crippen molar-refractivity contribution in [3.8, 4) is 6.07 Å². The Morgan fingerprint density at radius 3 is 2.20 bits per heavy atom. The molecule has 0 N–H and O–H groups in total. The van der Waals surface area contributed by atoms with Crippen LogP contribution >= 0.6 is 15.9 Å². The van der Waals surface area contributed by atoms with Crippen LogP contribution in [0.5, 0.6) is 0 Å². The molecule has 1 unspecified atom stereocenters. The van der Waals surface area contributed by atoms with Crippen LogP contribution in [0, 0.1) is 17.2 Å². The summed E-state index contributed by atoms with van der Waals surface area (Å²) in [7, 11) is 0. The van der Waals surface area contributed by atoms with Crippen LogP contribution in [0.2, 0.25) is 0 Å². The first-order chi connectivity index (χ1) is 9.72. The molecule has 2 nitrogen and oxygen atoms in total. The van der Waals surface area contributed by atoms with Gasteiger partial charge in [-0.2, -0.15) is 5.26 Å². The van der Waals surface area contributed by atoms with Crippen molar-refractivity contribution in [2.75, 3.05) is 0 Å². The van der Waals surface area contributed by atoms with Gasteiger partial charge in [-0.1, -0.05) is 60.2 Å². The lowest BCUT2D eigenvalue weighted by atomic mass is 9.81. The molecule has 1 aliphatic carbocycles. The van der Waals surface area contributed by atoms with E-state index in [0.29, 0.717) is 0 Å². The van der Waals surface area contributed by atoms with E-state index in [-0.39, 0.29) is 11.7 Å². The number of hydrogen-bond acceptors (Lipinski definition) is 2. The molecule has 106 valence electrons. The van der Waals surface area contributed by atoms with Gasteiger partial charge < -0.3 is 0 Å². The molecule has 1 aromatic rings. The number of nitriles is 1. The van der Waals surface area contributed by atoms with Crippen LogP contribution in [0.4, 0.5) is 0 Å². The summed E-state index contributed by atoms with van der Waals surface area (Å²) in [5.74, 6) is -0.409. The number of rotatable bonds is 3. The smallest absolute Gasteiger partial charge is 0.157 e. The zero-order chi connectivity index (χ0) is 14.4. The Morgan fingerprint density at radius 2 is 1.65 bits per heavy atom.